The van der Waals surface area contributed by atoms with Crippen LogP contribution in [0.3, 0.4) is 0 Å². The first kappa shape index (κ1) is 18.7. The van der Waals surface area contributed by atoms with Crippen LogP contribution in [0.2, 0.25) is 0 Å². The predicted octanol–water partition coefficient (Wildman–Crippen LogP) is 3.02. The molecule has 0 atom stereocenters. The molecular formula is C19H26BN3O3. The third-order valence-electron chi connectivity index (χ3n) is 5.22. The number of carbonyl (C=O) groups excluding carboxylic acids is 1. The van der Waals surface area contributed by atoms with Crippen LogP contribution in [-0.2, 0) is 14.1 Å². The van der Waals surface area contributed by atoms with Gasteiger partial charge in [0.1, 0.15) is 0 Å². The largest absolute Gasteiger partial charge is 0.492 e. The van der Waals surface area contributed by atoms with E-state index in [4.69, 9.17) is 9.31 Å². The lowest BCUT2D eigenvalue weighted by Gasteiger charge is -2.32. The summed E-state index contributed by atoms with van der Waals surface area (Å²) in [5, 5.41) is 11.3. The maximum atomic E-state index is 11.4. The molecule has 138 valence electrons. The van der Waals surface area contributed by atoms with Crippen LogP contribution in [0.5, 0.6) is 0 Å². The van der Waals surface area contributed by atoms with Crippen molar-refractivity contribution in [3.8, 4) is 0 Å². The molecule has 0 aliphatic carbocycles. The maximum Gasteiger partial charge on any atom is 0.492 e. The number of aromatic amines is 1. The van der Waals surface area contributed by atoms with Crippen molar-refractivity contribution < 1.29 is 14.1 Å². The highest BCUT2D eigenvalue weighted by molar-refractivity contribution is 6.56. The minimum atomic E-state index is -0.511. The molecule has 0 radical (unpaired) electrons. The molecule has 3 rings (SSSR count). The standard InChI is InChI=1S/C19H26BN3O3/c1-12-16-8-7-14(10-17(16)23-22-12)9-15(11-21-13(2)24)20-25-18(3,4)19(5,6)26-20/h7-10H,11H2,1-6H3,(H,21,24)(H,22,23). The van der Waals surface area contributed by atoms with Crippen LogP contribution in [0.15, 0.2) is 23.7 Å². The SMILES string of the molecule is CC(=O)NCC(=Cc1ccc2c(C)[nH]nc2c1)B1OC(C)(C)C(C)(C)O1. The lowest BCUT2D eigenvalue weighted by Crippen LogP contribution is -2.41. The predicted molar refractivity (Wildman–Crippen MR) is 104 cm³/mol. The molecule has 7 heteroatoms. The minimum Gasteiger partial charge on any atom is -0.400 e. The van der Waals surface area contributed by atoms with Crippen LogP contribution in [0.4, 0.5) is 0 Å². The smallest absolute Gasteiger partial charge is 0.400 e. The van der Waals surface area contributed by atoms with Gasteiger partial charge in [-0.25, -0.2) is 0 Å². The zero-order chi connectivity index (χ0) is 19.1. The van der Waals surface area contributed by atoms with Gasteiger partial charge in [0.25, 0.3) is 0 Å². The third-order valence-corrected chi connectivity index (χ3v) is 5.22. The molecule has 1 fully saturated rings. The Hall–Kier alpha value is -2.12. The summed E-state index contributed by atoms with van der Waals surface area (Å²) >= 11 is 0. The van der Waals surface area contributed by atoms with Crippen molar-refractivity contribution in [3.63, 3.8) is 0 Å². The van der Waals surface area contributed by atoms with Crippen LogP contribution in [0.1, 0.15) is 45.9 Å². The summed E-state index contributed by atoms with van der Waals surface area (Å²) in [5.74, 6) is -0.0919. The molecule has 0 spiro atoms. The highest BCUT2D eigenvalue weighted by atomic mass is 16.7. The summed E-state index contributed by atoms with van der Waals surface area (Å²) in [6.45, 7) is 11.9. The molecule has 1 aromatic carbocycles. The monoisotopic (exact) mass is 355 g/mol. The Bertz CT molecular complexity index is 854. The van der Waals surface area contributed by atoms with E-state index in [2.05, 4.69) is 15.5 Å². The van der Waals surface area contributed by atoms with Gasteiger partial charge < -0.3 is 14.6 Å². The van der Waals surface area contributed by atoms with E-state index >= 15 is 0 Å². The summed E-state index contributed by atoms with van der Waals surface area (Å²) in [7, 11) is -0.511. The van der Waals surface area contributed by atoms with Crippen LogP contribution in [-0.4, -0.2) is 41.0 Å². The van der Waals surface area contributed by atoms with Crippen molar-refractivity contribution in [3.05, 3.63) is 34.9 Å². The zero-order valence-corrected chi connectivity index (χ0v) is 16.3. The molecule has 0 saturated carbocycles. The van der Waals surface area contributed by atoms with E-state index in [1.165, 1.54) is 6.92 Å². The topological polar surface area (TPSA) is 76.2 Å². The number of nitrogens with zero attached hydrogens (tertiary/aromatic N) is 1. The Morgan fingerprint density at radius 1 is 1.27 bits per heavy atom. The Morgan fingerprint density at radius 2 is 1.92 bits per heavy atom. The Kier molecular flexibility index (Phi) is 4.71. The average Bonchev–Trinajstić information content (AvgIpc) is 3.00. The normalized spacial score (nSPS) is 19.2. The van der Waals surface area contributed by atoms with Crippen LogP contribution in [0, 0.1) is 6.92 Å². The molecular weight excluding hydrogens is 329 g/mol. The third kappa shape index (κ3) is 3.55. The van der Waals surface area contributed by atoms with Crippen molar-refractivity contribution in [1.82, 2.24) is 15.5 Å². The van der Waals surface area contributed by atoms with Gasteiger partial charge in [-0.1, -0.05) is 18.2 Å². The van der Waals surface area contributed by atoms with E-state index < -0.39 is 18.3 Å². The first-order chi connectivity index (χ1) is 12.1. The lowest BCUT2D eigenvalue weighted by molar-refractivity contribution is -0.118. The van der Waals surface area contributed by atoms with E-state index in [1.54, 1.807) is 0 Å². The van der Waals surface area contributed by atoms with E-state index in [1.807, 2.05) is 58.9 Å². The summed E-state index contributed by atoms with van der Waals surface area (Å²) in [5.41, 5.74) is 2.93. The molecule has 1 saturated heterocycles. The van der Waals surface area contributed by atoms with Crippen LogP contribution >= 0.6 is 0 Å². The fourth-order valence-corrected chi connectivity index (χ4v) is 2.89. The molecule has 6 nitrogen and oxygen atoms in total. The molecule has 1 aliphatic heterocycles. The number of aryl methyl sites for hydroxylation is 1. The maximum absolute atomic E-state index is 11.4. The van der Waals surface area contributed by atoms with E-state index in [0.29, 0.717) is 6.54 Å². The zero-order valence-electron chi connectivity index (χ0n) is 16.3. The number of aromatic nitrogens is 2. The average molecular weight is 355 g/mol. The number of benzene rings is 1. The summed E-state index contributed by atoms with van der Waals surface area (Å²) < 4.78 is 12.3. The second-order valence-corrected chi connectivity index (χ2v) is 7.84. The van der Waals surface area contributed by atoms with Crippen molar-refractivity contribution in [2.45, 2.75) is 52.7 Å². The number of rotatable bonds is 4. The number of H-pyrrole nitrogens is 1. The van der Waals surface area contributed by atoms with E-state index in [0.717, 1.165) is 27.6 Å². The summed E-state index contributed by atoms with van der Waals surface area (Å²) in [4.78, 5) is 11.4. The van der Waals surface area contributed by atoms with Crippen molar-refractivity contribution >= 4 is 30.0 Å². The molecule has 0 unspecified atom stereocenters. The van der Waals surface area contributed by atoms with Crippen molar-refractivity contribution in [2.75, 3.05) is 6.54 Å². The summed E-state index contributed by atoms with van der Waals surface area (Å²) in [6, 6.07) is 6.09. The molecule has 1 amide bonds. The second-order valence-electron chi connectivity index (χ2n) is 7.84. The van der Waals surface area contributed by atoms with Crippen LogP contribution in [0.25, 0.3) is 17.0 Å². The Morgan fingerprint density at radius 3 is 2.54 bits per heavy atom. The van der Waals surface area contributed by atoms with E-state index in [-0.39, 0.29) is 5.91 Å². The van der Waals surface area contributed by atoms with Gasteiger partial charge in [0, 0.05) is 24.5 Å². The number of fused-ring (bicyclic) bond motifs is 1. The summed E-state index contributed by atoms with van der Waals surface area (Å²) in [6.07, 6.45) is 2.00. The van der Waals surface area contributed by atoms with Gasteiger partial charge in [0.05, 0.1) is 16.7 Å². The van der Waals surface area contributed by atoms with Gasteiger partial charge in [-0.2, -0.15) is 5.10 Å². The highest BCUT2D eigenvalue weighted by Gasteiger charge is 2.52. The van der Waals surface area contributed by atoms with Gasteiger partial charge in [0.2, 0.25) is 5.91 Å². The number of carbonyl (C=O) groups is 1. The van der Waals surface area contributed by atoms with Crippen molar-refractivity contribution in [2.24, 2.45) is 0 Å². The van der Waals surface area contributed by atoms with Gasteiger partial charge in [-0.15, -0.1) is 0 Å². The molecule has 0 bridgehead atoms. The van der Waals surface area contributed by atoms with Crippen LogP contribution < -0.4 is 5.32 Å². The quantitative estimate of drug-likeness (QED) is 0.827. The minimum absolute atomic E-state index is 0.0919. The Labute approximate surface area is 154 Å². The number of amides is 1. The number of hydrogen-bond acceptors (Lipinski definition) is 4. The molecule has 2 heterocycles. The molecule has 26 heavy (non-hydrogen) atoms. The first-order valence-corrected chi connectivity index (χ1v) is 8.84. The van der Waals surface area contributed by atoms with Gasteiger partial charge in [0.15, 0.2) is 0 Å². The molecule has 2 N–H and O–H groups in total. The molecule has 1 aromatic heterocycles. The van der Waals surface area contributed by atoms with Crippen molar-refractivity contribution in [1.29, 1.82) is 0 Å². The fourth-order valence-electron chi connectivity index (χ4n) is 2.89. The first-order valence-electron chi connectivity index (χ1n) is 8.84. The number of nitrogens with one attached hydrogen (secondary N) is 2. The fraction of sp³-hybridized carbons (Fsp3) is 0.474. The Balaban J connectivity index is 1.94. The molecule has 2 aromatic rings. The molecule has 1 aliphatic rings. The van der Waals surface area contributed by atoms with Gasteiger partial charge in [-0.3, -0.25) is 9.89 Å². The second kappa shape index (κ2) is 6.56. The van der Waals surface area contributed by atoms with E-state index in [9.17, 15) is 4.79 Å². The number of hydrogen-bond donors (Lipinski definition) is 2. The lowest BCUT2D eigenvalue weighted by atomic mass is 9.77. The highest BCUT2D eigenvalue weighted by Crippen LogP contribution is 2.38. The van der Waals surface area contributed by atoms with Gasteiger partial charge >= 0.3 is 7.12 Å². The van der Waals surface area contributed by atoms with Gasteiger partial charge in [-0.05, 0) is 51.7 Å².